The summed E-state index contributed by atoms with van der Waals surface area (Å²) in [5.41, 5.74) is 0. The van der Waals surface area contributed by atoms with E-state index in [1.54, 1.807) is 0 Å². The van der Waals surface area contributed by atoms with E-state index in [9.17, 15) is 18.0 Å². The van der Waals surface area contributed by atoms with Crippen molar-refractivity contribution in [2.75, 3.05) is 25.0 Å². The fourth-order valence-corrected chi connectivity index (χ4v) is 1.71. The maximum Gasteiger partial charge on any atom is 0.445 e. The predicted octanol–water partition coefficient (Wildman–Crippen LogP) is 1.57. The predicted molar refractivity (Wildman–Crippen MR) is 62.8 cm³/mol. The van der Waals surface area contributed by atoms with E-state index in [0.29, 0.717) is 0 Å². The first-order valence-electron chi connectivity index (χ1n) is 5.07. The second kappa shape index (κ2) is 6.48. The number of alkyl halides is 3. The summed E-state index contributed by atoms with van der Waals surface area (Å²) >= 11 is 0.228. The van der Waals surface area contributed by atoms with Crippen LogP contribution in [0.5, 0.6) is 0 Å². The van der Waals surface area contributed by atoms with Gasteiger partial charge in [-0.25, -0.2) is 4.79 Å². The van der Waals surface area contributed by atoms with Crippen molar-refractivity contribution >= 4 is 22.5 Å². The van der Waals surface area contributed by atoms with Crippen LogP contribution in [0, 0.1) is 0 Å². The van der Waals surface area contributed by atoms with Crippen molar-refractivity contribution in [3.63, 3.8) is 0 Å². The number of hydrogen-bond acceptors (Lipinski definition) is 5. The van der Waals surface area contributed by atoms with Crippen molar-refractivity contribution in [2.45, 2.75) is 6.18 Å². The molecule has 1 aromatic rings. The second-order valence-corrected chi connectivity index (χ2v) is 4.28. The van der Waals surface area contributed by atoms with Gasteiger partial charge in [0.2, 0.25) is 10.1 Å². The minimum atomic E-state index is -4.59. The van der Waals surface area contributed by atoms with Crippen molar-refractivity contribution in [3.8, 4) is 0 Å². The topological polar surface area (TPSA) is 78.4 Å². The Balaban J connectivity index is 2.70. The number of halogens is 3. The van der Waals surface area contributed by atoms with Crippen LogP contribution in [0.15, 0.2) is 12.7 Å². The lowest BCUT2D eigenvalue weighted by atomic mass is 10.5. The van der Waals surface area contributed by atoms with Gasteiger partial charge in [-0.1, -0.05) is 17.4 Å². The molecule has 0 saturated carbocycles. The summed E-state index contributed by atoms with van der Waals surface area (Å²) in [5, 5.41) is 15.7. The highest BCUT2D eigenvalue weighted by molar-refractivity contribution is 7.15. The Morgan fingerprint density at radius 1 is 1.53 bits per heavy atom. The van der Waals surface area contributed by atoms with E-state index in [1.807, 2.05) is 0 Å². The lowest BCUT2D eigenvalue weighted by molar-refractivity contribution is -0.138. The molecule has 106 valence electrons. The normalized spacial score (nSPS) is 11.2. The van der Waals surface area contributed by atoms with Gasteiger partial charge in [0, 0.05) is 13.1 Å². The summed E-state index contributed by atoms with van der Waals surface area (Å²) in [5.74, 6) is 0. The van der Waals surface area contributed by atoms with Gasteiger partial charge in [-0.15, -0.1) is 16.8 Å². The summed E-state index contributed by atoms with van der Waals surface area (Å²) in [6.45, 7) is 3.34. The third kappa shape index (κ3) is 4.48. The number of carbonyl (C=O) groups excluding carboxylic acids is 1. The number of amides is 2. The maximum atomic E-state index is 12.3. The monoisotopic (exact) mass is 296 g/mol. The van der Waals surface area contributed by atoms with Crippen LogP contribution in [0.2, 0.25) is 0 Å². The van der Waals surface area contributed by atoms with Gasteiger partial charge in [0.05, 0.1) is 6.61 Å². The zero-order valence-corrected chi connectivity index (χ0v) is 10.5. The van der Waals surface area contributed by atoms with Gasteiger partial charge in [0.15, 0.2) is 0 Å². The molecule has 2 amide bonds. The van der Waals surface area contributed by atoms with Crippen LogP contribution in [-0.2, 0) is 6.18 Å². The Kier molecular flexibility index (Phi) is 5.24. The average Bonchev–Trinajstić information content (AvgIpc) is 2.77. The number of nitrogens with one attached hydrogen (secondary N) is 1. The number of hydrogen-bond donors (Lipinski definition) is 2. The van der Waals surface area contributed by atoms with Gasteiger partial charge in [0.1, 0.15) is 0 Å². The molecule has 0 bridgehead atoms. The lowest BCUT2D eigenvalue weighted by Gasteiger charge is -2.19. The first kappa shape index (κ1) is 15.4. The zero-order chi connectivity index (χ0) is 14.5. The fraction of sp³-hybridized carbons (Fsp3) is 0.444. The lowest BCUT2D eigenvalue weighted by Crippen LogP contribution is -2.37. The largest absolute Gasteiger partial charge is 0.445 e. The maximum absolute atomic E-state index is 12.3. The molecule has 0 aliphatic rings. The number of aromatic nitrogens is 2. The molecule has 0 radical (unpaired) electrons. The molecule has 19 heavy (non-hydrogen) atoms. The highest BCUT2D eigenvalue weighted by Gasteiger charge is 2.35. The smallest absolute Gasteiger partial charge is 0.395 e. The summed E-state index contributed by atoms with van der Waals surface area (Å²) < 4.78 is 36.8. The number of nitrogens with zero attached hydrogens (tertiary/aromatic N) is 3. The van der Waals surface area contributed by atoms with Gasteiger partial charge >= 0.3 is 12.2 Å². The van der Waals surface area contributed by atoms with E-state index >= 15 is 0 Å². The van der Waals surface area contributed by atoms with Crippen LogP contribution in [-0.4, -0.2) is 45.9 Å². The Hall–Kier alpha value is -1.68. The molecule has 0 aliphatic heterocycles. The molecule has 0 saturated heterocycles. The Morgan fingerprint density at radius 2 is 2.21 bits per heavy atom. The van der Waals surface area contributed by atoms with Crippen LogP contribution in [0.4, 0.5) is 23.1 Å². The average molecular weight is 296 g/mol. The van der Waals surface area contributed by atoms with Gasteiger partial charge < -0.3 is 10.0 Å². The Bertz CT molecular complexity index is 449. The van der Waals surface area contributed by atoms with E-state index in [4.69, 9.17) is 5.11 Å². The van der Waals surface area contributed by atoms with Gasteiger partial charge in [-0.05, 0) is 0 Å². The summed E-state index contributed by atoms with van der Waals surface area (Å²) in [4.78, 5) is 12.8. The fourth-order valence-electron chi connectivity index (χ4n) is 1.11. The van der Waals surface area contributed by atoms with E-state index in [0.717, 1.165) is 0 Å². The highest BCUT2D eigenvalue weighted by Crippen LogP contribution is 2.32. The van der Waals surface area contributed by atoms with E-state index < -0.39 is 17.2 Å². The minimum absolute atomic E-state index is 0.0305. The zero-order valence-electron chi connectivity index (χ0n) is 9.65. The highest BCUT2D eigenvalue weighted by atomic mass is 32.1. The van der Waals surface area contributed by atoms with E-state index in [-0.39, 0.29) is 36.2 Å². The van der Waals surface area contributed by atoms with Crippen LogP contribution in [0.25, 0.3) is 0 Å². The summed E-state index contributed by atoms with van der Waals surface area (Å²) in [6.07, 6.45) is -3.16. The number of aliphatic hydroxyl groups excluding tert-OH is 1. The summed E-state index contributed by atoms with van der Waals surface area (Å²) in [6, 6.07) is -0.682. The molecule has 1 rings (SSSR count). The number of urea groups is 1. The van der Waals surface area contributed by atoms with Crippen molar-refractivity contribution in [1.29, 1.82) is 0 Å². The molecule has 1 heterocycles. The number of aliphatic hydroxyl groups is 1. The first-order valence-corrected chi connectivity index (χ1v) is 5.88. The van der Waals surface area contributed by atoms with Gasteiger partial charge in [-0.2, -0.15) is 13.2 Å². The molecule has 0 unspecified atom stereocenters. The Morgan fingerprint density at radius 3 is 2.68 bits per heavy atom. The SMILES string of the molecule is C=CCN(CCO)C(=O)Nc1nnc(C(F)(F)F)s1. The van der Waals surface area contributed by atoms with Crippen LogP contribution in [0.3, 0.4) is 0 Å². The molecule has 0 atom stereocenters. The third-order valence-corrected chi connectivity index (χ3v) is 2.77. The molecule has 0 fully saturated rings. The minimum Gasteiger partial charge on any atom is -0.395 e. The van der Waals surface area contributed by atoms with Crippen LogP contribution < -0.4 is 5.32 Å². The molecular formula is C9H11F3N4O2S. The van der Waals surface area contributed by atoms with Crippen LogP contribution in [0.1, 0.15) is 5.01 Å². The molecule has 0 spiro atoms. The van der Waals surface area contributed by atoms with Crippen LogP contribution >= 0.6 is 11.3 Å². The van der Waals surface area contributed by atoms with Gasteiger partial charge in [-0.3, -0.25) is 5.32 Å². The first-order chi connectivity index (χ1) is 8.88. The molecule has 2 N–H and O–H groups in total. The summed E-state index contributed by atoms with van der Waals surface area (Å²) in [7, 11) is 0. The molecular weight excluding hydrogens is 285 g/mol. The molecule has 10 heteroatoms. The number of rotatable bonds is 5. The molecule has 1 aromatic heterocycles. The Labute approximate surface area is 110 Å². The number of carbonyl (C=O) groups is 1. The number of anilines is 1. The van der Waals surface area contributed by atoms with Crippen molar-refractivity contribution in [3.05, 3.63) is 17.7 Å². The molecule has 0 aliphatic carbocycles. The molecule has 6 nitrogen and oxygen atoms in total. The van der Waals surface area contributed by atoms with Crippen molar-refractivity contribution < 1.29 is 23.1 Å². The standard InChI is InChI=1S/C9H11F3N4O2S/c1-2-3-16(4-5-17)8(18)13-7-15-14-6(19-7)9(10,11)12/h2,17H,1,3-5H2,(H,13,15,18). The third-order valence-electron chi connectivity index (χ3n) is 1.89. The van der Waals surface area contributed by atoms with E-state index in [1.165, 1.54) is 11.0 Å². The molecule has 0 aromatic carbocycles. The van der Waals surface area contributed by atoms with Crippen molar-refractivity contribution in [1.82, 2.24) is 15.1 Å². The van der Waals surface area contributed by atoms with E-state index in [2.05, 4.69) is 22.1 Å². The second-order valence-electron chi connectivity index (χ2n) is 3.30. The van der Waals surface area contributed by atoms with Gasteiger partial charge in [0.25, 0.3) is 0 Å². The van der Waals surface area contributed by atoms with Crippen molar-refractivity contribution in [2.24, 2.45) is 0 Å². The quantitative estimate of drug-likeness (QED) is 0.808.